The molecule has 4 heteroatoms. The summed E-state index contributed by atoms with van der Waals surface area (Å²) in [6.45, 7) is 10.2. The molecule has 1 N–H and O–H groups in total. The van der Waals surface area contributed by atoms with Gasteiger partial charge in [-0.3, -0.25) is 9.28 Å². The van der Waals surface area contributed by atoms with Gasteiger partial charge in [0, 0.05) is 20.3 Å². The lowest BCUT2D eigenvalue weighted by molar-refractivity contribution is -0.959. The Balaban J connectivity index is 2.13. The summed E-state index contributed by atoms with van der Waals surface area (Å²) in [5, 5.41) is 3.10. The highest BCUT2D eigenvalue weighted by Gasteiger charge is 2.42. The number of carbonyl (C=O) groups is 1. The molecule has 4 nitrogen and oxygen atoms in total. The number of amides is 1. The highest BCUT2D eigenvalue weighted by molar-refractivity contribution is 5.73. The monoisotopic (exact) mass is 392 g/mol. The zero-order chi connectivity index (χ0) is 20.7. The van der Waals surface area contributed by atoms with E-state index in [9.17, 15) is 4.79 Å². The Morgan fingerprint density at radius 2 is 1.68 bits per heavy atom. The molecule has 0 radical (unpaired) electrons. The van der Waals surface area contributed by atoms with Gasteiger partial charge in [-0.05, 0) is 39.0 Å². The quantitative estimate of drug-likeness (QED) is 0.196. The number of quaternary nitrogens is 1. The molecular formula is C24H46N3O+. The van der Waals surface area contributed by atoms with Crippen molar-refractivity contribution in [2.75, 3.05) is 13.1 Å². The predicted octanol–water partition coefficient (Wildman–Crippen LogP) is 5.97. The van der Waals surface area contributed by atoms with Gasteiger partial charge in [0.05, 0.1) is 12.8 Å². The van der Waals surface area contributed by atoms with E-state index >= 15 is 0 Å². The Kier molecular flexibility index (Phi) is 13.1. The largest absolute Gasteiger partial charge is 0.307 e. The van der Waals surface area contributed by atoms with Crippen molar-refractivity contribution in [3.05, 3.63) is 12.2 Å². The topological polar surface area (TPSA) is 41.5 Å². The van der Waals surface area contributed by atoms with Crippen molar-refractivity contribution in [1.82, 2.24) is 5.32 Å². The van der Waals surface area contributed by atoms with Crippen molar-refractivity contribution in [3.63, 3.8) is 0 Å². The molecule has 162 valence electrons. The van der Waals surface area contributed by atoms with Crippen LogP contribution in [0.15, 0.2) is 17.1 Å². The molecule has 0 spiro atoms. The molecule has 1 aliphatic rings. The molecule has 1 heterocycles. The number of hydrogen-bond donors (Lipinski definition) is 1. The van der Waals surface area contributed by atoms with Crippen molar-refractivity contribution < 1.29 is 9.28 Å². The Morgan fingerprint density at radius 3 is 2.29 bits per heavy atom. The van der Waals surface area contributed by atoms with Gasteiger partial charge in [0.1, 0.15) is 6.54 Å². The lowest BCUT2D eigenvalue weighted by atomic mass is 10.1. The number of allylic oxidation sites excluding steroid dienone is 2. The van der Waals surface area contributed by atoms with E-state index in [2.05, 4.69) is 44.5 Å². The third-order valence-corrected chi connectivity index (χ3v) is 6.29. The summed E-state index contributed by atoms with van der Waals surface area (Å²) in [4.78, 5) is 16.3. The fourth-order valence-corrected chi connectivity index (χ4v) is 4.40. The number of hydrogen-bond acceptors (Lipinski definition) is 2. The number of nitrogens with one attached hydrogen (secondary N) is 1. The molecule has 0 aromatic heterocycles. The Bertz CT molecular complexity index is 474. The average Bonchev–Trinajstić information content (AvgIpc) is 3.09. The zero-order valence-electron chi connectivity index (χ0n) is 19.1. The maximum absolute atomic E-state index is 11.5. The van der Waals surface area contributed by atoms with Gasteiger partial charge < -0.3 is 5.32 Å². The summed E-state index contributed by atoms with van der Waals surface area (Å²) in [6, 6.07) is 0. The molecule has 1 aliphatic heterocycles. The van der Waals surface area contributed by atoms with Gasteiger partial charge in [-0.15, -0.1) is 0 Å². The fourth-order valence-electron chi connectivity index (χ4n) is 4.40. The van der Waals surface area contributed by atoms with Crippen molar-refractivity contribution in [3.8, 4) is 0 Å². The Labute approximate surface area is 174 Å². The maximum Gasteiger partial charge on any atom is 0.221 e. The molecular weight excluding hydrogens is 346 g/mol. The number of carbonyl (C=O) groups excluding carboxylic acids is 1. The van der Waals surface area contributed by atoms with Crippen molar-refractivity contribution in [2.45, 2.75) is 117 Å². The van der Waals surface area contributed by atoms with Gasteiger partial charge in [-0.1, -0.05) is 57.6 Å². The summed E-state index contributed by atoms with van der Waals surface area (Å²) in [5.41, 5.74) is 0. The number of unbranched alkanes of at least 4 members (excludes halogenated alkanes) is 9. The van der Waals surface area contributed by atoms with Crippen molar-refractivity contribution >= 4 is 12.1 Å². The van der Waals surface area contributed by atoms with E-state index in [1.807, 2.05) is 0 Å². The van der Waals surface area contributed by atoms with Crippen LogP contribution in [0.4, 0.5) is 0 Å². The van der Waals surface area contributed by atoms with Gasteiger partial charge in [0.25, 0.3) is 0 Å². The van der Waals surface area contributed by atoms with Crippen LogP contribution in [-0.4, -0.2) is 42.0 Å². The minimum Gasteiger partial charge on any atom is -0.307 e. The molecule has 3 unspecified atom stereocenters. The molecule has 0 saturated heterocycles. The predicted molar refractivity (Wildman–Crippen MR) is 121 cm³/mol. The van der Waals surface area contributed by atoms with E-state index in [4.69, 9.17) is 4.99 Å². The molecule has 1 amide bonds. The van der Waals surface area contributed by atoms with Gasteiger partial charge >= 0.3 is 0 Å². The molecule has 3 atom stereocenters. The maximum atomic E-state index is 11.5. The van der Waals surface area contributed by atoms with Crippen LogP contribution in [0.1, 0.15) is 105 Å². The van der Waals surface area contributed by atoms with Crippen LogP contribution >= 0.6 is 0 Å². The Hall–Kier alpha value is -1.16. The van der Waals surface area contributed by atoms with E-state index in [-0.39, 0.29) is 12.1 Å². The molecule has 1 rings (SSSR count). The van der Waals surface area contributed by atoms with Crippen molar-refractivity contribution in [1.29, 1.82) is 0 Å². The standard InChI is InChI=1S/C24H45N3O/c1-5-7-8-9-10-11-12-13-14-15-16-17-18-19-24-25-20-21-27(24,6-2)22(3)26-23(4)28/h10-11,20,22,24H,5-9,12-19,21H2,1-4H3/p+1/b11-10+. The number of aliphatic imine (C=N–C) groups is 1. The van der Waals surface area contributed by atoms with Crippen LogP contribution in [0.25, 0.3) is 0 Å². The molecule has 0 bridgehead atoms. The van der Waals surface area contributed by atoms with E-state index in [0.717, 1.165) is 24.0 Å². The Morgan fingerprint density at radius 1 is 1.07 bits per heavy atom. The lowest BCUT2D eigenvalue weighted by Gasteiger charge is -2.42. The summed E-state index contributed by atoms with van der Waals surface area (Å²) in [7, 11) is 0. The van der Waals surface area contributed by atoms with Gasteiger partial charge in [-0.25, -0.2) is 4.99 Å². The third-order valence-electron chi connectivity index (χ3n) is 6.29. The first-order valence-electron chi connectivity index (χ1n) is 11.9. The minimum atomic E-state index is 0.0555. The van der Waals surface area contributed by atoms with Crippen LogP contribution in [-0.2, 0) is 4.79 Å². The van der Waals surface area contributed by atoms with Crippen molar-refractivity contribution in [2.24, 2.45) is 4.99 Å². The first-order valence-corrected chi connectivity index (χ1v) is 11.9. The molecule has 0 saturated carbocycles. The second-order valence-corrected chi connectivity index (χ2v) is 8.46. The lowest BCUT2D eigenvalue weighted by Crippen LogP contribution is -2.63. The first kappa shape index (κ1) is 24.9. The van der Waals surface area contributed by atoms with Gasteiger partial charge in [-0.2, -0.15) is 0 Å². The smallest absolute Gasteiger partial charge is 0.221 e. The van der Waals surface area contributed by atoms with Gasteiger partial charge in [0.2, 0.25) is 5.91 Å². The fraction of sp³-hybridized carbons (Fsp3) is 0.833. The summed E-state index contributed by atoms with van der Waals surface area (Å²) < 4.78 is 0.879. The number of nitrogens with zero attached hydrogens (tertiary/aromatic N) is 2. The second-order valence-electron chi connectivity index (χ2n) is 8.46. The summed E-state index contributed by atoms with van der Waals surface area (Å²) >= 11 is 0. The SMILES string of the molecule is CCCCC/C=C/CCCCCCCCC1N=CC[N+]1(CC)C(C)NC(C)=O. The third kappa shape index (κ3) is 8.89. The van der Waals surface area contributed by atoms with E-state index in [1.54, 1.807) is 6.92 Å². The highest BCUT2D eigenvalue weighted by atomic mass is 16.1. The van der Waals surface area contributed by atoms with Crippen LogP contribution in [0, 0.1) is 0 Å². The minimum absolute atomic E-state index is 0.0555. The molecule has 0 fully saturated rings. The van der Waals surface area contributed by atoms with Gasteiger partial charge in [0.15, 0.2) is 12.3 Å². The highest BCUT2D eigenvalue weighted by Crippen LogP contribution is 2.27. The number of rotatable bonds is 16. The second kappa shape index (κ2) is 14.8. The van der Waals surface area contributed by atoms with Crippen LogP contribution < -0.4 is 5.32 Å². The van der Waals surface area contributed by atoms with Crippen LogP contribution in [0.2, 0.25) is 0 Å². The van der Waals surface area contributed by atoms with Crippen LogP contribution in [0.5, 0.6) is 0 Å². The summed E-state index contributed by atoms with van der Waals surface area (Å²) in [6.07, 6.45) is 22.9. The molecule has 0 aromatic rings. The van der Waals surface area contributed by atoms with E-state index < -0.39 is 0 Å². The average molecular weight is 393 g/mol. The summed E-state index contributed by atoms with van der Waals surface area (Å²) in [5.74, 6) is 0.0555. The molecule has 0 aliphatic carbocycles. The molecule has 28 heavy (non-hydrogen) atoms. The van der Waals surface area contributed by atoms with Crippen LogP contribution in [0.3, 0.4) is 0 Å². The molecule has 0 aromatic carbocycles. The normalized spacial score (nSPS) is 22.8. The van der Waals surface area contributed by atoms with E-state index in [1.165, 1.54) is 70.6 Å². The van der Waals surface area contributed by atoms with E-state index in [0.29, 0.717) is 6.17 Å². The first-order chi connectivity index (χ1) is 13.6. The zero-order valence-corrected chi connectivity index (χ0v) is 19.1.